The highest BCUT2D eigenvalue weighted by Crippen LogP contribution is 2.20. The molecule has 0 atom stereocenters. The van der Waals surface area contributed by atoms with E-state index in [0.717, 1.165) is 11.1 Å². The molecular weight excluding hydrogens is 390 g/mol. The van der Waals surface area contributed by atoms with Crippen LogP contribution >= 0.6 is 11.6 Å². The van der Waals surface area contributed by atoms with E-state index in [1.807, 2.05) is 44.2 Å². The highest BCUT2D eigenvalue weighted by molar-refractivity contribution is 6.30. The lowest BCUT2D eigenvalue weighted by Crippen LogP contribution is -2.21. The molecule has 150 valence electrons. The molecule has 1 heterocycles. The summed E-state index contributed by atoms with van der Waals surface area (Å²) in [6.07, 6.45) is 0. The number of nitrogens with one attached hydrogen (secondary N) is 1. The van der Waals surface area contributed by atoms with E-state index in [4.69, 9.17) is 16.3 Å². The number of amides is 1. The van der Waals surface area contributed by atoms with Crippen LogP contribution in [0.4, 0.5) is 5.69 Å². The van der Waals surface area contributed by atoms with Crippen molar-refractivity contribution in [3.63, 3.8) is 0 Å². The number of ether oxygens (including phenoxy) is 1. The average Bonchev–Trinajstić information content (AvgIpc) is 2.96. The lowest BCUT2D eigenvalue weighted by molar-refractivity contribution is -0.119. The van der Waals surface area contributed by atoms with Crippen molar-refractivity contribution >= 4 is 29.2 Å². The fraction of sp³-hybridized carbons (Fsp3) is 0.227. The Morgan fingerprint density at radius 1 is 1.10 bits per heavy atom. The number of hydrogen-bond acceptors (Lipinski definition) is 4. The first-order valence-electron chi connectivity index (χ1n) is 9.16. The Bertz CT molecular complexity index is 1040. The predicted molar refractivity (Wildman–Crippen MR) is 112 cm³/mol. The molecule has 7 heteroatoms. The second kappa shape index (κ2) is 8.92. The van der Waals surface area contributed by atoms with Gasteiger partial charge in [0.2, 0.25) is 0 Å². The second-order valence-electron chi connectivity index (χ2n) is 6.77. The maximum atomic E-state index is 12.5. The molecule has 1 N–H and O–H groups in total. The Labute approximate surface area is 174 Å². The number of hydrogen-bond donors (Lipinski definition) is 1. The maximum Gasteiger partial charge on any atom is 0.342 e. The van der Waals surface area contributed by atoms with Gasteiger partial charge in [-0.3, -0.25) is 9.48 Å². The van der Waals surface area contributed by atoms with Crippen molar-refractivity contribution in [2.24, 2.45) is 0 Å². The molecule has 0 aliphatic rings. The summed E-state index contributed by atoms with van der Waals surface area (Å²) >= 11 is 5.92. The normalized spacial score (nSPS) is 10.6. The van der Waals surface area contributed by atoms with Crippen LogP contribution in [0.3, 0.4) is 0 Å². The molecule has 0 unspecified atom stereocenters. The molecule has 0 aliphatic heterocycles. The standard InChI is InChI=1S/C22H22ClN3O3/c1-14-11-18(23)9-10-19(14)24-20(27)13-29-22(28)21-15(2)25-26(16(21)3)12-17-7-5-4-6-8-17/h4-11H,12-13H2,1-3H3,(H,24,27). The van der Waals surface area contributed by atoms with Crippen LogP contribution in [-0.2, 0) is 16.1 Å². The lowest BCUT2D eigenvalue weighted by atomic mass is 10.2. The minimum atomic E-state index is -0.567. The van der Waals surface area contributed by atoms with Gasteiger partial charge in [-0.15, -0.1) is 0 Å². The van der Waals surface area contributed by atoms with Gasteiger partial charge in [0.15, 0.2) is 6.61 Å². The topological polar surface area (TPSA) is 73.2 Å². The summed E-state index contributed by atoms with van der Waals surface area (Å²) in [6, 6.07) is 15.0. The van der Waals surface area contributed by atoms with Crippen LogP contribution in [0.15, 0.2) is 48.5 Å². The number of benzene rings is 2. The fourth-order valence-corrected chi connectivity index (χ4v) is 3.29. The molecule has 0 radical (unpaired) electrons. The van der Waals surface area contributed by atoms with Crippen molar-refractivity contribution in [1.29, 1.82) is 0 Å². The van der Waals surface area contributed by atoms with Gasteiger partial charge in [-0.1, -0.05) is 41.9 Å². The minimum Gasteiger partial charge on any atom is -0.452 e. The van der Waals surface area contributed by atoms with Crippen LogP contribution in [0.2, 0.25) is 5.02 Å². The molecule has 29 heavy (non-hydrogen) atoms. The molecule has 0 aliphatic carbocycles. The zero-order valence-corrected chi connectivity index (χ0v) is 17.3. The molecule has 0 saturated carbocycles. The number of nitrogens with zero attached hydrogens (tertiary/aromatic N) is 2. The van der Waals surface area contributed by atoms with Gasteiger partial charge in [-0.2, -0.15) is 5.10 Å². The first kappa shape index (κ1) is 20.6. The molecule has 2 aromatic carbocycles. The van der Waals surface area contributed by atoms with Gasteiger partial charge in [0.25, 0.3) is 5.91 Å². The molecule has 6 nitrogen and oxygen atoms in total. The van der Waals surface area contributed by atoms with Crippen LogP contribution in [0.25, 0.3) is 0 Å². The van der Waals surface area contributed by atoms with Crippen molar-refractivity contribution < 1.29 is 14.3 Å². The van der Waals surface area contributed by atoms with Crippen LogP contribution in [0.5, 0.6) is 0 Å². The summed E-state index contributed by atoms with van der Waals surface area (Å²) < 4.78 is 6.98. The highest BCUT2D eigenvalue weighted by Gasteiger charge is 2.21. The number of carbonyl (C=O) groups excluding carboxylic acids is 2. The first-order chi connectivity index (χ1) is 13.8. The Kier molecular flexibility index (Phi) is 6.34. The summed E-state index contributed by atoms with van der Waals surface area (Å²) in [5, 5.41) is 7.75. The SMILES string of the molecule is Cc1cc(Cl)ccc1NC(=O)COC(=O)c1c(C)nn(Cc2ccccc2)c1C. The van der Waals surface area contributed by atoms with E-state index < -0.39 is 11.9 Å². The number of rotatable bonds is 6. The summed E-state index contributed by atoms with van der Waals surface area (Å²) in [5.41, 5.74) is 4.18. The second-order valence-corrected chi connectivity index (χ2v) is 7.21. The van der Waals surface area contributed by atoms with Gasteiger partial charge >= 0.3 is 5.97 Å². The largest absolute Gasteiger partial charge is 0.452 e. The number of halogens is 1. The van der Waals surface area contributed by atoms with Gasteiger partial charge in [0.05, 0.1) is 17.9 Å². The minimum absolute atomic E-state index is 0.385. The predicted octanol–water partition coefficient (Wildman–Crippen LogP) is 4.31. The van der Waals surface area contributed by atoms with Gasteiger partial charge in [-0.05, 0) is 50.1 Å². The molecule has 1 amide bonds. The van der Waals surface area contributed by atoms with Gasteiger partial charge < -0.3 is 10.1 Å². The van der Waals surface area contributed by atoms with E-state index >= 15 is 0 Å². The third kappa shape index (κ3) is 5.03. The van der Waals surface area contributed by atoms with Gasteiger partial charge in [0.1, 0.15) is 5.56 Å². The summed E-state index contributed by atoms with van der Waals surface area (Å²) in [4.78, 5) is 24.7. The average molecular weight is 412 g/mol. The quantitative estimate of drug-likeness (QED) is 0.613. The molecule has 1 aromatic heterocycles. The van der Waals surface area contributed by atoms with Gasteiger partial charge in [0, 0.05) is 10.7 Å². The lowest BCUT2D eigenvalue weighted by Gasteiger charge is -2.09. The molecular formula is C22H22ClN3O3. The molecule has 3 aromatic rings. The van der Waals surface area contributed by atoms with E-state index in [1.54, 1.807) is 29.8 Å². The zero-order chi connectivity index (χ0) is 21.0. The number of aryl methyl sites for hydroxylation is 2. The third-order valence-corrected chi connectivity index (χ3v) is 4.79. The van der Waals surface area contributed by atoms with Crippen molar-refractivity contribution in [2.45, 2.75) is 27.3 Å². The Hall–Kier alpha value is -3.12. The Morgan fingerprint density at radius 3 is 2.52 bits per heavy atom. The van der Waals surface area contributed by atoms with E-state index in [9.17, 15) is 9.59 Å². The highest BCUT2D eigenvalue weighted by atomic mass is 35.5. The van der Waals surface area contributed by atoms with E-state index in [1.165, 1.54) is 0 Å². The molecule has 0 spiro atoms. The van der Waals surface area contributed by atoms with Crippen LogP contribution in [0.1, 0.15) is 32.9 Å². The van der Waals surface area contributed by atoms with Crippen LogP contribution in [-0.4, -0.2) is 28.3 Å². The molecule has 0 saturated heterocycles. The van der Waals surface area contributed by atoms with E-state index in [0.29, 0.717) is 34.2 Å². The fourth-order valence-electron chi connectivity index (χ4n) is 3.06. The van der Waals surface area contributed by atoms with Crippen molar-refractivity contribution in [2.75, 3.05) is 11.9 Å². The number of anilines is 1. The third-order valence-electron chi connectivity index (χ3n) is 4.56. The monoisotopic (exact) mass is 411 g/mol. The Morgan fingerprint density at radius 2 is 1.83 bits per heavy atom. The molecule has 3 rings (SSSR count). The summed E-state index contributed by atoms with van der Waals surface area (Å²) in [5.74, 6) is -0.988. The van der Waals surface area contributed by atoms with Crippen LogP contribution in [0, 0.1) is 20.8 Å². The Balaban J connectivity index is 1.64. The van der Waals surface area contributed by atoms with Crippen LogP contribution < -0.4 is 5.32 Å². The molecule has 0 bridgehead atoms. The van der Waals surface area contributed by atoms with Crippen molar-refractivity contribution in [3.05, 3.63) is 81.6 Å². The van der Waals surface area contributed by atoms with Crippen molar-refractivity contribution in [3.8, 4) is 0 Å². The maximum absolute atomic E-state index is 12.5. The first-order valence-corrected chi connectivity index (χ1v) is 9.54. The summed E-state index contributed by atoms with van der Waals surface area (Å²) in [7, 11) is 0. The van der Waals surface area contributed by atoms with E-state index in [-0.39, 0.29) is 6.61 Å². The number of carbonyl (C=O) groups is 2. The number of esters is 1. The van der Waals surface area contributed by atoms with E-state index in [2.05, 4.69) is 10.4 Å². The van der Waals surface area contributed by atoms with Crippen molar-refractivity contribution in [1.82, 2.24) is 9.78 Å². The number of aromatic nitrogens is 2. The van der Waals surface area contributed by atoms with Gasteiger partial charge in [-0.25, -0.2) is 4.79 Å². The smallest absolute Gasteiger partial charge is 0.342 e. The molecule has 0 fully saturated rings. The zero-order valence-electron chi connectivity index (χ0n) is 16.5. The summed E-state index contributed by atoms with van der Waals surface area (Å²) in [6.45, 7) is 5.57.